The van der Waals surface area contributed by atoms with Gasteiger partial charge in [0.25, 0.3) is 5.91 Å². The molecule has 11 nitrogen and oxygen atoms in total. The van der Waals surface area contributed by atoms with Gasteiger partial charge >= 0.3 is 5.97 Å². The van der Waals surface area contributed by atoms with E-state index in [1.165, 1.54) is 35.6 Å². The van der Waals surface area contributed by atoms with Crippen LogP contribution < -0.4 is 26.0 Å². The molecule has 4 amide bonds. The standard InChI is InChI=1S/C36H35FN4O7S/c37-25-12-8-23(9-13-25)18-29-33(43)39-28(17-22-5-2-1-3-6-22)34(44)41-31(36(46)47)19-24-10-14-26(15-11-24)48-21-32(42)38-30(35(45)40-29)20-27-7-4-16-49-27/h1-16,28-31H,17-21H2,(H,38,42)(H,39,43)(H,40,45)(H,41,44)(H,46,47)/t28-,29+,30-,31-/m0/s1. The Morgan fingerprint density at radius 2 is 1.31 bits per heavy atom. The number of rotatable bonds is 7. The van der Waals surface area contributed by atoms with Crippen LogP contribution in [0.5, 0.6) is 5.75 Å². The molecule has 13 heteroatoms. The highest BCUT2D eigenvalue weighted by molar-refractivity contribution is 7.09. The van der Waals surface area contributed by atoms with Crippen molar-refractivity contribution in [3.8, 4) is 5.75 Å². The third-order valence-electron chi connectivity index (χ3n) is 7.89. The summed E-state index contributed by atoms with van der Waals surface area (Å²) in [6.45, 7) is -0.415. The molecule has 4 aromatic rings. The minimum Gasteiger partial charge on any atom is -0.484 e. The molecule has 5 N–H and O–H groups in total. The van der Waals surface area contributed by atoms with Crippen LogP contribution in [0.25, 0.3) is 0 Å². The summed E-state index contributed by atoms with van der Waals surface area (Å²) in [4.78, 5) is 67.6. The topological polar surface area (TPSA) is 163 Å². The van der Waals surface area contributed by atoms with Gasteiger partial charge in [0.1, 0.15) is 35.7 Å². The van der Waals surface area contributed by atoms with E-state index in [2.05, 4.69) is 21.3 Å². The molecule has 254 valence electrons. The molecule has 2 aliphatic heterocycles. The average molecular weight is 687 g/mol. The second kappa shape index (κ2) is 16.5. The van der Waals surface area contributed by atoms with Crippen molar-refractivity contribution in [2.45, 2.75) is 49.9 Å². The zero-order valence-electron chi connectivity index (χ0n) is 26.3. The minimum absolute atomic E-state index is 0.0189. The molecule has 1 aromatic heterocycles. The first-order valence-electron chi connectivity index (χ1n) is 15.6. The summed E-state index contributed by atoms with van der Waals surface area (Å²) in [5, 5.41) is 22.5. The fourth-order valence-corrected chi connectivity index (χ4v) is 6.08. The zero-order valence-corrected chi connectivity index (χ0v) is 27.1. The summed E-state index contributed by atoms with van der Waals surface area (Å²) in [5.74, 6) is -4.15. The van der Waals surface area contributed by atoms with E-state index in [1.807, 2.05) is 17.5 Å². The molecule has 0 aliphatic carbocycles. The molecule has 2 bridgehead atoms. The van der Waals surface area contributed by atoms with E-state index in [9.17, 15) is 33.5 Å². The van der Waals surface area contributed by atoms with Gasteiger partial charge in [0.2, 0.25) is 17.7 Å². The number of aliphatic carboxylic acids is 1. The predicted octanol–water partition coefficient (Wildman–Crippen LogP) is 2.57. The molecule has 6 rings (SSSR count). The molecule has 0 saturated carbocycles. The average Bonchev–Trinajstić information content (AvgIpc) is 3.61. The van der Waals surface area contributed by atoms with Gasteiger partial charge in [-0.2, -0.15) is 0 Å². The predicted molar refractivity (Wildman–Crippen MR) is 179 cm³/mol. The first-order chi connectivity index (χ1) is 23.6. The van der Waals surface area contributed by atoms with E-state index in [1.54, 1.807) is 54.6 Å². The zero-order chi connectivity index (χ0) is 34.8. The van der Waals surface area contributed by atoms with E-state index in [0.29, 0.717) is 22.4 Å². The number of hydrogen-bond donors (Lipinski definition) is 5. The molecule has 0 spiro atoms. The second-order valence-corrected chi connectivity index (χ2v) is 12.6. The Balaban J connectivity index is 1.50. The molecule has 0 unspecified atom stereocenters. The molecular formula is C36H35FN4O7S. The maximum absolute atomic E-state index is 14.0. The third-order valence-corrected chi connectivity index (χ3v) is 8.79. The number of amides is 4. The Morgan fingerprint density at radius 1 is 0.714 bits per heavy atom. The number of carboxylic acid groups (broad SMARTS) is 1. The molecular weight excluding hydrogens is 651 g/mol. The first-order valence-corrected chi connectivity index (χ1v) is 16.5. The SMILES string of the molecule is O=C1COc2ccc(cc2)C[C@@H](C(=O)O)NC(=O)[C@H](Cc2ccccc2)NC(=O)[C@@H](Cc2ccc(F)cc2)NC(=O)[C@H](Cc2cccs2)N1. The largest absolute Gasteiger partial charge is 0.484 e. The number of carboxylic acids is 1. The molecule has 3 heterocycles. The van der Waals surface area contributed by atoms with E-state index >= 15 is 0 Å². The quantitative estimate of drug-likeness (QED) is 0.187. The number of benzene rings is 3. The molecule has 49 heavy (non-hydrogen) atoms. The van der Waals surface area contributed by atoms with E-state index in [4.69, 9.17) is 4.74 Å². The highest BCUT2D eigenvalue weighted by atomic mass is 32.1. The van der Waals surface area contributed by atoms with Gasteiger partial charge in [-0.1, -0.05) is 60.7 Å². The van der Waals surface area contributed by atoms with Crippen molar-refractivity contribution < 1.29 is 38.2 Å². The monoisotopic (exact) mass is 686 g/mol. The van der Waals surface area contributed by atoms with Crippen molar-refractivity contribution >= 4 is 40.9 Å². The van der Waals surface area contributed by atoms with Gasteiger partial charge in [-0.25, -0.2) is 9.18 Å². The van der Waals surface area contributed by atoms with Gasteiger partial charge in [-0.05, 0) is 52.4 Å². The van der Waals surface area contributed by atoms with Crippen LogP contribution in [0.1, 0.15) is 21.6 Å². The maximum Gasteiger partial charge on any atom is 0.326 e. The van der Waals surface area contributed by atoms with E-state index in [0.717, 1.165) is 4.88 Å². The van der Waals surface area contributed by atoms with Gasteiger partial charge in [0.05, 0.1) is 0 Å². The van der Waals surface area contributed by atoms with Crippen LogP contribution in [-0.4, -0.2) is 65.5 Å². The Labute approximate surface area is 285 Å². The van der Waals surface area contributed by atoms with Gasteiger partial charge in [0, 0.05) is 30.6 Å². The summed E-state index contributed by atoms with van der Waals surface area (Å²) in [6.07, 6.45) is 0.00301. The van der Waals surface area contributed by atoms with Crippen molar-refractivity contribution in [1.82, 2.24) is 21.3 Å². The minimum atomic E-state index is -1.34. The fourth-order valence-electron chi connectivity index (χ4n) is 5.32. The lowest BCUT2D eigenvalue weighted by molar-refractivity contribution is -0.142. The van der Waals surface area contributed by atoms with Gasteiger partial charge in [-0.15, -0.1) is 11.3 Å². The van der Waals surface area contributed by atoms with Crippen LogP contribution in [0.2, 0.25) is 0 Å². The number of ether oxygens (including phenoxy) is 1. The van der Waals surface area contributed by atoms with Crippen LogP contribution in [0.15, 0.2) is 96.4 Å². The van der Waals surface area contributed by atoms with Gasteiger partial charge in [0.15, 0.2) is 6.61 Å². The summed E-state index contributed by atoms with van der Waals surface area (Å²) in [5.41, 5.74) is 1.80. The summed E-state index contributed by atoms with van der Waals surface area (Å²) in [7, 11) is 0. The highest BCUT2D eigenvalue weighted by Crippen LogP contribution is 2.16. The Bertz CT molecular complexity index is 1750. The maximum atomic E-state index is 14.0. The number of halogens is 1. The van der Waals surface area contributed by atoms with Gasteiger partial charge < -0.3 is 31.1 Å². The molecule has 2 aliphatic rings. The van der Waals surface area contributed by atoms with Crippen LogP contribution in [0.4, 0.5) is 4.39 Å². The molecule has 3 aromatic carbocycles. The number of nitrogens with one attached hydrogen (secondary N) is 4. The second-order valence-electron chi connectivity index (χ2n) is 11.6. The summed E-state index contributed by atoms with van der Waals surface area (Å²) in [6, 6.07) is 19.4. The van der Waals surface area contributed by atoms with Crippen molar-refractivity contribution in [3.63, 3.8) is 0 Å². The lowest BCUT2D eigenvalue weighted by Crippen LogP contribution is -2.59. The van der Waals surface area contributed by atoms with Crippen LogP contribution in [-0.2, 0) is 49.7 Å². The van der Waals surface area contributed by atoms with Crippen molar-refractivity contribution in [3.05, 3.63) is 124 Å². The normalized spacial score (nSPS) is 20.8. The van der Waals surface area contributed by atoms with Crippen molar-refractivity contribution in [2.75, 3.05) is 6.61 Å². The number of carbonyl (C=O) groups is 5. The number of thiophene rings is 1. The van der Waals surface area contributed by atoms with E-state index < -0.39 is 66.2 Å². The highest BCUT2D eigenvalue weighted by Gasteiger charge is 2.32. The van der Waals surface area contributed by atoms with Gasteiger partial charge in [-0.3, -0.25) is 19.2 Å². The first kappa shape index (κ1) is 34.8. The Hall–Kier alpha value is -5.56. The number of carbonyl (C=O) groups excluding carboxylic acids is 4. The van der Waals surface area contributed by atoms with Crippen LogP contribution in [0.3, 0.4) is 0 Å². The van der Waals surface area contributed by atoms with Crippen LogP contribution >= 0.6 is 11.3 Å². The Kier molecular flexibility index (Phi) is 11.7. The lowest BCUT2D eigenvalue weighted by atomic mass is 10.0. The van der Waals surface area contributed by atoms with Crippen LogP contribution in [0, 0.1) is 5.82 Å². The number of fused-ring (bicyclic) bond motifs is 16. The Morgan fingerprint density at radius 3 is 1.90 bits per heavy atom. The molecule has 0 radical (unpaired) electrons. The molecule has 4 atom stereocenters. The fraction of sp³-hybridized carbons (Fsp3) is 0.250. The smallest absolute Gasteiger partial charge is 0.326 e. The van der Waals surface area contributed by atoms with Crippen molar-refractivity contribution in [2.24, 2.45) is 0 Å². The summed E-state index contributed by atoms with van der Waals surface area (Å²) < 4.78 is 19.4. The lowest BCUT2D eigenvalue weighted by Gasteiger charge is -2.26. The molecule has 0 fully saturated rings. The summed E-state index contributed by atoms with van der Waals surface area (Å²) >= 11 is 1.40. The third kappa shape index (κ3) is 10.2. The number of hydrogen-bond acceptors (Lipinski definition) is 7. The van der Waals surface area contributed by atoms with Crippen molar-refractivity contribution in [1.29, 1.82) is 0 Å². The van der Waals surface area contributed by atoms with E-state index in [-0.39, 0.29) is 25.7 Å². The molecule has 0 saturated heterocycles.